The normalized spacial score (nSPS) is 13.1. The summed E-state index contributed by atoms with van der Waals surface area (Å²) in [6.07, 6.45) is 0. The van der Waals surface area contributed by atoms with Gasteiger partial charge >= 0.3 is 0 Å². The van der Waals surface area contributed by atoms with Crippen LogP contribution in [0.1, 0.15) is 59.7 Å². The van der Waals surface area contributed by atoms with E-state index in [9.17, 15) is 0 Å². The van der Waals surface area contributed by atoms with Gasteiger partial charge in [-0.15, -0.1) is 24.1 Å². The minimum absolute atomic E-state index is 0. The molecule has 0 N–H and O–H groups in total. The van der Waals surface area contributed by atoms with Gasteiger partial charge < -0.3 is 30.3 Å². The molecule has 0 aliphatic carbocycles. The first-order chi connectivity index (χ1) is 16.6. The van der Waals surface area contributed by atoms with Gasteiger partial charge in [-0.25, -0.2) is 12.1 Å². The van der Waals surface area contributed by atoms with Crippen molar-refractivity contribution < 1.29 is 17.1 Å². The molecule has 0 aliphatic rings. The van der Waals surface area contributed by atoms with E-state index >= 15 is 0 Å². The second-order valence-electron chi connectivity index (χ2n) is 10.9. The van der Waals surface area contributed by atoms with Crippen molar-refractivity contribution in [2.75, 3.05) is 0 Å². The molecule has 0 saturated carbocycles. The standard InChI is InChI=1S/C27H36P3.C5H5.Fe/c1-20(30(26(2,3)4)27(5,6)7)25-23(28-21-14-10-8-11-15-21)18-19-24(25)29-22-16-12-9-13-17-22;1-2-4-5-3-1;/h8-20,28-29H,1-7H3;1-5H;/q-1;-5;. The Balaban J connectivity index is 0.000000678. The first kappa shape index (κ1) is 31.2. The minimum Gasteiger partial charge on any atom is -0.748 e. The van der Waals surface area contributed by atoms with E-state index in [1.165, 1.54) is 10.6 Å². The summed E-state index contributed by atoms with van der Waals surface area (Å²) in [6.45, 7) is 17.2. The van der Waals surface area contributed by atoms with Gasteiger partial charge in [0.1, 0.15) is 0 Å². The van der Waals surface area contributed by atoms with E-state index in [4.69, 9.17) is 0 Å². The Labute approximate surface area is 235 Å². The van der Waals surface area contributed by atoms with Gasteiger partial charge in [-0.1, -0.05) is 126 Å². The molecule has 36 heavy (non-hydrogen) atoms. The summed E-state index contributed by atoms with van der Waals surface area (Å²) >= 11 is 0. The van der Waals surface area contributed by atoms with E-state index < -0.39 is 0 Å². The summed E-state index contributed by atoms with van der Waals surface area (Å²) in [4.78, 5) is 0. The smallest absolute Gasteiger partial charge is 0 e. The van der Waals surface area contributed by atoms with Crippen molar-refractivity contribution in [1.29, 1.82) is 0 Å². The Kier molecular flexibility index (Phi) is 12.3. The Morgan fingerprint density at radius 1 is 0.611 bits per heavy atom. The van der Waals surface area contributed by atoms with Crippen molar-refractivity contribution in [3.63, 3.8) is 0 Å². The molecule has 4 aromatic carbocycles. The molecule has 0 aliphatic heterocycles. The molecular weight excluding hydrogens is 533 g/mol. The van der Waals surface area contributed by atoms with Crippen LogP contribution in [0.25, 0.3) is 0 Å². The Hall–Kier alpha value is -1.05. The topological polar surface area (TPSA) is 0 Å². The zero-order valence-electron chi connectivity index (χ0n) is 22.7. The Morgan fingerprint density at radius 3 is 1.25 bits per heavy atom. The van der Waals surface area contributed by atoms with Crippen molar-refractivity contribution >= 4 is 46.3 Å². The third-order valence-electron chi connectivity index (χ3n) is 5.91. The van der Waals surface area contributed by atoms with Crippen LogP contribution in [0.15, 0.2) is 103 Å². The molecule has 4 aromatic rings. The van der Waals surface area contributed by atoms with Crippen LogP contribution in [0.5, 0.6) is 0 Å². The second-order valence-corrected chi connectivity index (χ2v) is 17.8. The second kappa shape index (κ2) is 14.2. The van der Waals surface area contributed by atoms with Crippen LogP contribution >= 0.6 is 25.1 Å². The number of benzene rings is 2. The molecule has 0 heterocycles. The van der Waals surface area contributed by atoms with Crippen molar-refractivity contribution in [1.82, 2.24) is 0 Å². The predicted octanol–water partition coefficient (Wildman–Crippen LogP) is 8.21. The maximum atomic E-state index is 2.51. The molecule has 0 amide bonds. The summed E-state index contributed by atoms with van der Waals surface area (Å²) in [5, 5.41) is 6.58. The molecule has 3 atom stereocenters. The summed E-state index contributed by atoms with van der Waals surface area (Å²) in [7, 11) is 1.22. The van der Waals surface area contributed by atoms with E-state index in [2.05, 4.69) is 121 Å². The number of hydrogen-bond acceptors (Lipinski definition) is 0. The van der Waals surface area contributed by atoms with Crippen molar-refractivity contribution in [2.45, 2.75) is 64.4 Å². The van der Waals surface area contributed by atoms with E-state index in [0.717, 1.165) is 17.2 Å². The van der Waals surface area contributed by atoms with Gasteiger partial charge in [0.15, 0.2) is 0 Å². The largest absolute Gasteiger partial charge is 0.748 e. The van der Waals surface area contributed by atoms with Crippen molar-refractivity contribution in [3.05, 3.63) is 109 Å². The maximum absolute atomic E-state index is 2.51. The van der Waals surface area contributed by atoms with Gasteiger partial charge in [-0.2, -0.15) is 0 Å². The zero-order valence-corrected chi connectivity index (χ0v) is 26.7. The maximum Gasteiger partial charge on any atom is 0 e. The molecule has 0 radical (unpaired) electrons. The van der Waals surface area contributed by atoms with Crippen LogP contribution in [0.2, 0.25) is 0 Å². The molecule has 0 aromatic heterocycles. The van der Waals surface area contributed by atoms with Crippen LogP contribution in [0.4, 0.5) is 0 Å². The number of hydrogen-bond donors (Lipinski definition) is 0. The predicted molar refractivity (Wildman–Crippen MR) is 167 cm³/mol. The first-order valence-corrected chi connectivity index (χ1v) is 15.9. The minimum atomic E-state index is -0.227. The van der Waals surface area contributed by atoms with E-state index in [-0.39, 0.29) is 25.0 Å². The molecular formula is C32H41FeP3-6. The van der Waals surface area contributed by atoms with Crippen LogP contribution in [-0.2, 0) is 17.1 Å². The van der Waals surface area contributed by atoms with Crippen LogP contribution < -0.4 is 21.2 Å². The monoisotopic (exact) mass is 574 g/mol. The van der Waals surface area contributed by atoms with E-state index in [1.807, 2.05) is 30.3 Å². The van der Waals surface area contributed by atoms with Crippen LogP contribution in [-0.4, -0.2) is 10.3 Å². The molecule has 0 nitrogen and oxygen atoms in total. The molecule has 3 unspecified atom stereocenters. The molecule has 198 valence electrons. The Bertz CT molecular complexity index is 1030. The van der Waals surface area contributed by atoms with Crippen molar-refractivity contribution in [2.24, 2.45) is 0 Å². The fourth-order valence-electron chi connectivity index (χ4n) is 5.13. The summed E-state index contributed by atoms with van der Waals surface area (Å²) in [6, 6.07) is 36.8. The van der Waals surface area contributed by atoms with E-state index in [0.29, 0.717) is 16.0 Å². The fourth-order valence-corrected chi connectivity index (χ4v) is 13.0. The Morgan fingerprint density at radius 2 is 0.944 bits per heavy atom. The summed E-state index contributed by atoms with van der Waals surface area (Å²) < 4.78 is 0. The van der Waals surface area contributed by atoms with Gasteiger partial charge in [0.05, 0.1) is 0 Å². The van der Waals surface area contributed by atoms with Gasteiger partial charge in [0, 0.05) is 17.1 Å². The third-order valence-corrected chi connectivity index (χ3v) is 12.5. The molecule has 0 fully saturated rings. The fraction of sp³-hybridized carbons (Fsp3) is 0.312. The third kappa shape index (κ3) is 9.05. The van der Waals surface area contributed by atoms with Crippen molar-refractivity contribution in [3.8, 4) is 0 Å². The first-order valence-electron chi connectivity index (χ1n) is 12.5. The van der Waals surface area contributed by atoms with Gasteiger partial charge in [0.25, 0.3) is 0 Å². The average molecular weight is 574 g/mol. The van der Waals surface area contributed by atoms with E-state index in [1.54, 1.807) is 16.2 Å². The van der Waals surface area contributed by atoms with Crippen LogP contribution in [0, 0.1) is 0 Å². The molecule has 0 bridgehead atoms. The molecule has 0 saturated heterocycles. The quantitative estimate of drug-likeness (QED) is 0.124. The SMILES string of the molecule is CC([c-]1c(Pc2ccccc2)ccc1Pc1ccccc1)P(C(C)(C)C)C(C)(C)C.[Fe].[cH-]1[cH-][cH-][cH-][cH-]1. The zero-order chi connectivity index (χ0) is 25.5. The van der Waals surface area contributed by atoms with Gasteiger partial charge in [-0.3, -0.25) is 0 Å². The number of rotatable bonds is 6. The average Bonchev–Trinajstić information content (AvgIpc) is 3.47. The molecule has 0 spiro atoms. The van der Waals surface area contributed by atoms with Crippen LogP contribution in [0.3, 0.4) is 0 Å². The summed E-state index contributed by atoms with van der Waals surface area (Å²) in [5.74, 6) is 0. The van der Waals surface area contributed by atoms with Gasteiger partial charge in [-0.05, 0) is 26.6 Å². The summed E-state index contributed by atoms with van der Waals surface area (Å²) in [5.41, 5.74) is 2.21. The van der Waals surface area contributed by atoms with Gasteiger partial charge in [0.2, 0.25) is 0 Å². The molecule has 4 rings (SSSR count). The molecule has 4 heteroatoms.